The van der Waals surface area contributed by atoms with Crippen LogP contribution < -0.4 is 4.90 Å². The summed E-state index contributed by atoms with van der Waals surface area (Å²) in [6.45, 7) is 1.48. The van der Waals surface area contributed by atoms with Crippen LogP contribution in [0.1, 0.15) is 5.56 Å². The molecule has 2 aromatic carbocycles. The lowest BCUT2D eigenvalue weighted by molar-refractivity contribution is -0.114. The van der Waals surface area contributed by atoms with E-state index in [1.165, 1.54) is 5.56 Å². The summed E-state index contributed by atoms with van der Waals surface area (Å²) in [5, 5.41) is 8.65. The largest absolute Gasteiger partial charge is 0.308 e. The molecule has 132 valence electrons. The maximum Gasteiger partial charge on any atom is 0.250 e. The first kappa shape index (κ1) is 16.5. The molecule has 1 aromatic heterocycles. The Balaban J connectivity index is 1.66. The molecule has 0 radical (unpaired) electrons. The molecule has 26 heavy (non-hydrogen) atoms. The van der Waals surface area contributed by atoms with Crippen molar-refractivity contribution in [3.63, 3.8) is 0 Å². The average molecular weight is 346 g/mol. The summed E-state index contributed by atoms with van der Waals surface area (Å²) >= 11 is 0. The normalized spacial score (nSPS) is 13.9. The molecule has 0 saturated heterocycles. The van der Waals surface area contributed by atoms with Gasteiger partial charge in [0.15, 0.2) is 0 Å². The first-order valence-electron chi connectivity index (χ1n) is 8.82. The number of aromatic nitrogens is 2. The third kappa shape index (κ3) is 3.02. The van der Waals surface area contributed by atoms with Gasteiger partial charge in [-0.1, -0.05) is 36.4 Å². The molecule has 1 N–H and O–H groups in total. The Kier molecular flexibility index (Phi) is 4.31. The number of fused-ring (bicyclic) bond motifs is 2. The molecule has 0 fully saturated rings. The standard InChI is InChI=1S/C21H22N4O/c1-24(2)12-5-8-20(26)25-13-11-15-9-10-16(14-19(15)25)21-17-6-3-4-7-18(17)22-23-21/h3-10,14H,11-13H2,1-2H3,(H,22,23)/b8-5+. The monoisotopic (exact) mass is 346 g/mol. The molecule has 3 aromatic rings. The highest BCUT2D eigenvalue weighted by Gasteiger charge is 2.24. The van der Waals surface area contributed by atoms with Crippen molar-refractivity contribution >= 4 is 22.5 Å². The number of carbonyl (C=O) groups excluding carboxylic acids is 1. The van der Waals surface area contributed by atoms with Crippen molar-refractivity contribution in [3.05, 3.63) is 60.2 Å². The number of nitrogens with one attached hydrogen (secondary N) is 1. The fourth-order valence-corrected chi connectivity index (χ4v) is 3.39. The molecular formula is C21H22N4O. The van der Waals surface area contributed by atoms with Crippen LogP contribution in [0.4, 0.5) is 5.69 Å². The summed E-state index contributed by atoms with van der Waals surface area (Å²) < 4.78 is 0. The van der Waals surface area contributed by atoms with Crippen LogP contribution >= 0.6 is 0 Å². The van der Waals surface area contributed by atoms with E-state index >= 15 is 0 Å². The van der Waals surface area contributed by atoms with E-state index in [1.807, 2.05) is 48.2 Å². The SMILES string of the molecule is CN(C)C/C=C/C(=O)N1CCc2ccc(-c3n[nH]c4ccccc34)cc21. The summed E-state index contributed by atoms with van der Waals surface area (Å²) in [7, 11) is 3.97. The first-order valence-corrected chi connectivity index (χ1v) is 8.82. The van der Waals surface area contributed by atoms with E-state index in [-0.39, 0.29) is 5.91 Å². The van der Waals surface area contributed by atoms with Gasteiger partial charge >= 0.3 is 0 Å². The molecule has 1 amide bonds. The van der Waals surface area contributed by atoms with Gasteiger partial charge in [0.25, 0.3) is 5.91 Å². The molecule has 0 bridgehead atoms. The van der Waals surface area contributed by atoms with Crippen molar-refractivity contribution in [2.45, 2.75) is 6.42 Å². The van der Waals surface area contributed by atoms with Crippen LogP contribution in [-0.4, -0.2) is 48.2 Å². The van der Waals surface area contributed by atoms with Gasteiger partial charge in [0.05, 0.1) is 11.2 Å². The molecule has 1 aliphatic rings. The number of carbonyl (C=O) groups is 1. The van der Waals surface area contributed by atoms with E-state index in [2.05, 4.69) is 34.5 Å². The van der Waals surface area contributed by atoms with Crippen LogP contribution in [0.25, 0.3) is 22.2 Å². The molecule has 0 saturated carbocycles. The molecule has 5 nitrogen and oxygen atoms in total. The Bertz CT molecular complexity index is 987. The van der Waals surface area contributed by atoms with Gasteiger partial charge in [0.2, 0.25) is 0 Å². The Hall–Kier alpha value is -2.92. The van der Waals surface area contributed by atoms with E-state index in [9.17, 15) is 4.79 Å². The maximum atomic E-state index is 12.6. The number of likely N-dealkylation sites (N-methyl/N-ethyl adjacent to an activating group) is 1. The highest BCUT2D eigenvalue weighted by molar-refractivity contribution is 6.03. The van der Waals surface area contributed by atoms with Crippen molar-refractivity contribution in [2.75, 3.05) is 32.1 Å². The van der Waals surface area contributed by atoms with Gasteiger partial charge < -0.3 is 9.80 Å². The van der Waals surface area contributed by atoms with Crippen LogP contribution in [-0.2, 0) is 11.2 Å². The van der Waals surface area contributed by atoms with E-state index < -0.39 is 0 Å². The van der Waals surface area contributed by atoms with Gasteiger partial charge in [-0.15, -0.1) is 0 Å². The van der Waals surface area contributed by atoms with E-state index in [1.54, 1.807) is 6.08 Å². The predicted molar refractivity (Wildman–Crippen MR) is 105 cm³/mol. The van der Waals surface area contributed by atoms with Crippen LogP contribution in [0.2, 0.25) is 0 Å². The zero-order valence-corrected chi connectivity index (χ0v) is 15.1. The fourth-order valence-electron chi connectivity index (χ4n) is 3.39. The Labute approximate surface area is 152 Å². The molecule has 0 atom stereocenters. The molecule has 2 heterocycles. The second kappa shape index (κ2) is 6.77. The molecular weight excluding hydrogens is 324 g/mol. The summed E-state index contributed by atoms with van der Waals surface area (Å²) in [6, 6.07) is 14.4. The summed E-state index contributed by atoms with van der Waals surface area (Å²) in [5.41, 5.74) is 5.17. The van der Waals surface area contributed by atoms with Crippen molar-refractivity contribution in [3.8, 4) is 11.3 Å². The van der Waals surface area contributed by atoms with Gasteiger partial charge in [-0.3, -0.25) is 9.89 Å². The molecule has 0 spiro atoms. The summed E-state index contributed by atoms with van der Waals surface area (Å²) in [4.78, 5) is 16.5. The number of nitrogens with zero attached hydrogens (tertiary/aromatic N) is 3. The van der Waals surface area contributed by atoms with Gasteiger partial charge in [0, 0.05) is 35.8 Å². The fraction of sp³-hybridized carbons (Fsp3) is 0.238. The minimum atomic E-state index is 0.0367. The van der Waals surface area contributed by atoms with E-state index in [4.69, 9.17) is 0 Å². The van der Waals surface area contributed by atoms with Crippen LogP contribution in [0.3, 0.4) is 0 Å². The number of rotatable bonds is 4. The zero-order chi connectivity index (χ0) is 18.1. The molecule has 4 rings (SSSR count). The van der Waals surface area contributed by atoms with Crippen molar-refractivity contribution in [2.24, 2.45) is 0 Å². The highest BCUT2D eigenvalue weighted by Crippen LogP contribution is 2.34. The average Bonchev–Trinajstić information content (AvgIpc) is 3.25. The number of para-hydroxylation sites is 1. The molecule has 0 unspecified atom stereocenters. The Morgan fingerprint density at radius 3 is 2.96 bits per heavy atom. The number of benzene rings is 2. The summed E-state index contributed by atoms with van der Waals surface area (Å²) in [6.07, 6.45) is 4.47. The van der Waals surface area contributed by atoms with Crippen molar-refractivity contribution < 1.29 is 4.79 Å². The number of anilines is 1. The number of hydrogen-bond donors (Lipinski definition) is 1. The van der Waals surface area contributed by atoms with E-state index in [0.717, 1.165) is 47.4 Å². The minimum Gasteiger partial charge on any atom is -0.308 e. The minimum absolute atomic E-state index is 0.0367. The summed E-state index contributed by atoms with van der Waals surface area (Å²) in [5.74, 6) is 0.0367. The quantitative estimate of drug-likeness (QED) is 0.738. The molecule has 0 aliphatic carbocycles. The van der Waals surface area contributed by atoms with Crippen molar-refractivity contribution in [1.82, 2.24) is 15.1 Å². The van der Waals surface area contributed by atoms with Gasteiger partial charge in [-0.25, -0.2) is 0 Å². The number of aromatic amines is 1. The Morgan fingerprint density at radius 1 is 1.27 bits per heavy atom. The zero-order valence-electron chi connectivity index (χ0n) is 15.1. The third-order valence-corrected chi connectivity index (χ3v) is 4.72. The highest BCUT2D eigenvalue weighted by atomic mass is 16.2. The second-order valence-corrected chi connectivity index (χ2v) is 6.87. The Morgan fingerprint density at radius 2 is 2.12 bits per heavy atom. The topological polar surface area (TPSA) is 52.2 Å². The van der Waals surface area contributed by atoms with Crippen LogP contribution in [0, 0.1) is 0 Å². The number of H-pyrrole nitrogens is 1. The maximum absolute atomic E-state index is 12.6. The lowest BCUT2D eigenvalue weighted by atomic mass is 10.0. The number of hydrogen-bond acceptors (Lipinski definition) is 3. The smallest absolute Gasteiger partial charge is 0.250 e. The molecule has 5 heteroatoms. The lowest BCUT2D eigenvalue weighted by Gasteiger charge is -2.16. The number of amides is 1. The predicted octanol–water partition coefficient (Wildman–Crippen LogP) is 3.24. The van der Waals surface area contributed by atoms with Gasteiger partial charge in [-0.05, 0) is 38.2 Å². The van der Waals surface area contributed by atoms with Crippen molar-refractivity contribution in [1.29, 1.82) is 0 Å². The first-order chi connectivity index (χ1) is 12.6. The lowest BCUT2D eigenvalue weighted by Crippen LogP contribution is -2.27. The van der Waals surface area contributed by atoms with Crippen LogP contribution in [0.5, 0.6) is 0 Å². The van der Waals surface area contributed by atoms with Gasteiger partial charge in [-0.2, -0.15) is 5.10 Å². The van der Waals surface area contributed by atoms with Crippen LogP contribution in [0.15, 0.2) is 54.6 Å². The van der Waals surface area contributed by atoms with Gasteiger partial charge in [0.1, 0.15) is 0 Å². The molecule has 1 aliphatic heterocycles. The second-order valence-electron chi connectivity index (χ2n) is 6.87. The van der Waals surface area contributed by atoms with E-state index in [0.29, 0.717) is 0 Å². The third-order valence-electron chi connectivity index (χ3n) is 4.72.